The van der Waals surface area contributed by atoms with Gasteiger partial charge in [-0.3, -0.25) is 14.6 Å². The summed E-state index contributed by atoms with van der Waals surface area (Å²) >= 11 is 0. The molecule has 3 amide bonds. The topological polar surface area (TPSA) is 253 Å². The number of benzene rings is 3. The zero-order valence-electron chi connectivity index (χ0n) is 38.5. The molecule has 1 heterocycles. The molecule has 3 aromatic carbocycles. The van der Waals surface area contributed by atoms with Crippen LogP contribution in [0.1, 0.15) is 112 Å². The molecule has 3 aromatic rings. The Morgan fingerprint density at radius 3 is 2.18 bits per heavy atom. The molecule has 2 aliphatic rings. The van der Waals surface area contributed by atoms with Crippen molar-refractivity contribution >= 4 is 46.1 Å². The van der Waals surface area contributed by atoms with Crippen molar-refractivity contribution in [3.63, 3.8) is 0 Å². The molecule has 0 aromatic heterocycles. The number of sulfonamides is 1. The highest BCUT2D eigenvalue weighted by Crippen LogP contribution is 2.45. The number of fused-ring (bicyclic) bond motifs is 4. The normalized spacial score (nSPS) is 15.1. The number of alkyl carbamates (subject to hydrolysis) is 2. The number of nitrogens with zero attached hydrogens (tertiary/aromatic N) is 3. The quantitative estimate of drug-likeness (QED) is 0.0325. The Bertz CT molecular complexity index is 2430. The van der Waals surface area contributed by atoms with Crippen molar-refractivity contribution in [2.45, 2.75) is 134 Å². The van der Waals surface area contributed by atoms with Gasteiger partial charge >= 0.3 is 18.4 Å². The molecule has 0 bridgehead atoms. The maximum absolute atomic E-state index is 13.9. The maximum Gasteiger partial charge on any atom is 0.407 e. The number of nitrogens with one attached hydrogen (secondary N) is 4. The minimum Gasteiger partial charge on any atom is -0.487 e. The molecule has 1 aliphatic heterocycles. The third kappa shape index (κ3) is 12.9. The van der Waals surface area contributed by atoms with Crippen LogP contribution in [0.2, 0.25) is 0 Å². The summed E-state index contributed by atoms with van der Waals surface area (Å²) in [6.45, 7) is 14.7. The molecule has 0 spiro atoms. The van der Waals surface area contributed by atoms with E-state index in [-0.39, 0.29) is 61.3 Å². The molecule has 0 saturated heterocycles. The lowest BCUT2D eigenvalue weighted by atomic mass is 9.88. The molecule has 0 saturated carbocycles. The van der Waals surface area contributed by atoms with Gasteiger partial charge in [0.25, 0.3) is 15.8 Å². The number of hydrogen-bond acceptors (Lipinski definition) is 10. The first-order valence-electron chi connectivity index (χ1n) is 21.9. The van der Waals surface area contributed by atoms with E-state index in [1.165, 1.54) is 0 Å². The van der Waals surface area contributed by atoms with Crippen LogP contribution in [0.25, 0.3) is 16.7 Å². The van der Waals surface area contributed by atoms with E-state index in [9.17, 15) is 33.1 Å². The molecule has 6 N–H and O–H groups in total. The third-order valence-corrected chi connectivity index (χ3v) is 13.1. The van der Waals surface area contributed by atoms with Crippen LogP contribution in [0.5, 0.6) is 5.75 Å². The zero-order chi connectivity index (χ0) is 47.7. The summed E-state index contributed by atoms with van der Waals surface area (Å²) in [7, 11) is -4.16. The van der Waals surface area contributed by atoms with Crippen molar-refractivity contribution in [1.29, 1.82) is 0 Å². The average molecular weight is 915 g/mol. The molecule has 5 rings (SSSR count). The van der Waals surface area contributed by atoms with Gasteiger partial charge in [0.15, 0.2) is 0 Å². The van der Waals surface area contributed by atoms with Gasteiger partial charge in [-0.05, 0) is 145 Å². The first kappa shape index (κ1) is 49.8. The van der Waals surface area contributed by atoms with Crippen molar-refractivity contribution < 1.29 is 46.6 Å². The lowest BCUT2D eigenvalue weighted by molar-refractivity contribution is -0.127. The van der Waals surface area contributed by atoms with E-state index in [0.717, 1.165) is 39.8 Å². The number of nitrogens with two attached hydrogens (primary N) is 1. The Morgan fingerprint density at radius 1 is 0.923 bits per heavy atom. The number of carbonyl (C=O) groups is 4. The molecule has 2 atom stereocenters. The Hall–Kier alpha value is -6.26. The highest BCUT2D eigenvalue weighted by molar-refractivity contribution is 7.90. The number of hydrogen-bond donors (Lipinski definition) is 5. The van der Waals surface area contributed by atoms with E-state index in [4.69, 9.17) is 19.9 Å². The van der Waals surface area contributed by atoms with Gasteiger partial charge in [-0.1, -0.05) is 48.5 Å². The standard InChI is InChI=1S/C47H62N8O9S/c1-28-29(2)41(30(3)31-22-23-47(7,8)63-40(28)31)65(60,61)55-43(48)50-25-15-21-37(39(56)26-52-49)53-42(57)38(20-13-14-24-51-44(58)64-46(4,5)6)54-45(59)62-27-36-34-18-11-9-16-32(34)33-17-10-12-19-35(33)36/h9-12,16-19,26,36-38H,13-15,20-25,27H2,1-8H3,(H,51,58)(H,53,57)(H,54,59)(H3,48,50,55)/t37-,38-/m0/s1. The minimum atomic E-state index is -4.16. The third-order valence-electron chi connectivity index (χ3n) is 11.5. The highest BCUT2D eigenvalue weighted by atomic mass is 32.2. The van der Waals surface area contributed by atoms with Crippen LogP contribution in [-0.2, 0) is 35.5 Å². The average Bonchev–Trinajstić information content (AvgIpc) is 3.54. The van der Waals surface area contributed by atoms with Gasteiger partial charge < -0.3 is 41.4 Å². The molecule has 1 aliphatic carbocycles. The van der Waals surface area contributed by atoms with Gasteiger partial charge in [-0.15, -0.1) is 0 Å². The number of unbranched alkanes of at least 4 members (excludes halogenated alkanes) is 1. The second-order valence-electron chi connectivity index (χ2n) is 18.0. The molecule has 17 nitrogen and oxygen atoms in total. The van der Waals surface area contributed by atoms with Crippen LogP contribution < -0.4 is 31.1 Å². The number of ketones is 1. The van der Waals surface area contributed by atoms with E-state index >= 15 is 0 Å². The summed E-state index contributed by atoms with van der Waals surface area (Å²) in [5.41, 5.74) is 21.0. The number of aliphatic imine (C=N–C) groups is 1. The molecule has 350 valence electrons. The molecule has 0 radical (unpaired) electrons. The lowest BCUT2D eigenvalue weighted by Gasteiger charge is -2.35. The maximum atomic E-state index is 13.9. The summed E-state index contributed by atoms with van der Waals surface area (Å²) in [5.74, 6) is -1.34. The van der Waals surface area contributed by atoms with E-state index in [2.05, 4.69) is 30.5 Å². The second-order valence-corrected chi connectivity index (χ2v) is 19.7. The largest absolute Gasteiger partial charge is 0.487 e. The summed E-state index contributed by atoms with van der Waals surface area (Å²) in [5, 5.41) is 7.98. The van der Waals surface area contributed by atoms with Gasteiger partial charge in [0.2, 0.25) is 11.9 Å². The summed E-state index contributed by atoms with van der Waals surface area (Å²) in [6, 6.07) is 13.4. The van der Waals surface area contributed by atoms with E-state index < -0.39 is 51.6 Å². The van der Waals surface area contributed by atoms with Crippen LogP contribution in [0, 0.1) is 20.8 Å². The van der Waals surface area contributed by atoms with Crippen molar-refractivity contribution in [3.05, 3.63) is 87.4 Å². The molecule has 0 unspecified atom stereocenters. The van der Waals surface area contributed by atoms with E-state index in [1.54, 1.807) is 34.6 Å². The second kappa shape index (κ2) is 21.2. The SMILES string of the molecule is Cc1c(C)c(S(=O)(=O)NC(N)=NCCC[C@H](NC(=O)[C@H](CCCCNC(=O)OC(C)(C)C)NC(=O)OCC2c3ccccc3-c3ccccc32)C(=O)C=[N+]=[N-])c(C)c2c1OC(C)(C)CC2. The number of Topliss-reactive ketones (excluding diaryl/α,β-unsaturated/α-hetero) is 1. The number of ether oxygens (including phenoxy) is 3. The number of carbonyl (C=O) groups excluding carboxylic acids is 4. The molecular weight excluding hydrogens is 853 g/mol. The number of rotatable bonds is 18. The van der Waals surface area contributed by atoms with E-state index in [0.29, 0.717) is 42.4 Å². The summed E-state index contributed by atoms with van der Waals surface area (Å²) in [4.78, 5) is 59.7. The Labute approximate surface area is 381 Å². The van der Waals surface area contributed by atoms with Gasteiger partial charge in [0.05, 0.1) is 10.9 Å². The minimum absolute atomic E-state index is 0.00150. The fourth-order valence-electron chi connectivity index (χ4n) is 8.20. The summed E-state index contributed by atoms with van der Waals surface area (Å²) in [6.07, 6.45) is 1.62. The first-order chi connectivity index (χ1) is 30.6. The van der Waals surface area contributed by atoms with Crippen LogP contribution >= 0.6 is 0 Å². The fraction of sp³-hybridized carbons (Fsp3) is 0.489. The van der Waals surface area contributed by atoms with Crippen molar-refractivity contribution in [3.8, 4) is 16.9 Å². The van der Waals surface area contributed by atoms with Crippen molar-refractivity contribution in [1.82, 2.24) is 20.7 Å². The van der Waals surface area contributed by atoms with Crippen LogP contribution in [0.15, 0.2) is 58.4 Å². The van der Waals surface area contributed by atoms with Gasteiger partial charge in [0, 0.05) is 19.0 Å². The molecule has 18 heteroatoms. The molecular formula is C47H62N8O9S. The molecule has 0 fully saturated rings. The molecule has 65 heavy (non-hydrogen) atoms. The smallest absolute Gasteiger partial charge is 0.407 e. The van der Waals surface area contributed by atoms with Gasteiger partial charge in [0.1, 0.15) is 29.6 Å². The highest BCUT2D eigenvalue weighted by Gasteiger charge is 2.35. The zero-order valence-corrected chi connectivity index (χ0v) is 39.3. The van der Waals surface area contributed by atoms with Crippen molar-refractivity contribution in [2.75, 3.05) is 19.7 Å². The Balaban J connectivity index is 1.23. The number of amides is 3. The predicted molar refractivity (Wildman–Crippen MR) is 246 cm³/mol. The Morgan fingerprint density at radius 2 is 1.55 bits per heavy atom. The fourth-order valence-corrected chi connectivity index (χ4v) is 9.73. The van der Waals surface area contributed by atoms with Gasteiger partial charge in [-0.25, -0.2) is 22.7 Å². The monoisotopic (exact) mass is 914 g/mol. The number of guanidine groups is 1. The first-order valence-corrected chi connectivity index (χ1v) is 23.3. The van der Waals surface area contributed by atoms with E-state index in [1.807, 2.05) is 69.3 Å². The van der Waals surface area contributed by atoms with Crippen LogP contribution in [0.3, 0.4) is 0 Å². The predicted octanol–water partition coefficient (Wildman–Crippen LogP) is 6.05. The van der Waals surface area contributed by atoms with Crippen LogP contribution in [0.4, 0.5) is 9.59 Å². The van der Waals surface area contributed by atoms with Gasteiger partial charge in [-0.2, -0.15) is 4.79 Å². The lowest BCUT2D eigenvalue weighted by Crippen LogP contribution is -2.52. The Kier molecular flexibility index (Phi) is 16.2. The van der Waals surface area contributed by atoms with Crippen LogP contribution in [-0.4, -0.2) is 92.2 Å². The summed E-state index contributed by atoms with van der Waals surface area (Å²) < 4.78 is 47.0. The van der Waals surface area contributed by atoms with Crippen molar-refractivity contribution in [2.24, 2.45) is 10.7 Å².